The number of carbonyl (C=O) groups excluding carboxylic acids is 1. The first kappa shape index (κ1) is 14.8. The zero-order valence-corrected chi connectivity index (χ0v) is 11.9. The maximum Gasteiger partial charge on any atom is 0.239 e. The third-order valence-electron chi connectivity index (χ3n) is 3.70. The van der Waals surface area contributed by atoms with Crippen molar-refractivity contribution in [2.24, 2.45) is 5.73 Å². The summed E-state index contributed by atoms with van der Waals surface area (Å²) in [4.78, 5) is 15.9. The van der Waals surface area contributed by atoms with E-state index in [9.17, 15) is 9.18 Å². The van der Waals surface area contributed by atoms with E-state index in [1.165, 1.54) is 6.07 Å². The minimum atomic E-state index is -0.403. The van der Waals surface area contributed by atoms with Crippen molar-refractivity contribution < 1.29 is 9.18 Å². The van der Waals surface area contributed by atoms with Crippen LogP contribution in [-0.2, 0) is 4.79 Å². The highest BCUT2D eigenvalue weighted by atomic mass is 19.1. The van der Waals surface area contributed by atoms with E-state index in [0.29, 0.717) is 38.3 Å². The van der Waals surface area contributed by atoms with Crippen LogP contribution in [0.5, 0.6) is 0 Å². The molecule has 0 radical (unpaired) electrons. The molecule has 20 heavy (non-hydrogen) atoms. The normalized spacial score (nSPS) is 17.1. The van der Waals surface area contributed by atoms with Gasteiger partial charge in [0, 0.05) is 26.2 Å². The molecule has 1 fully saturated rings. The first-order valence-corrected chi connectivity index (χ1v) is 7.17. The minimum Gasteiger partial charge on any atom is -0.366 e. The first-order chi connectivity index (χ1) is 9.63. The number of amides is 1. The third-order valence-corrected chi connectivity index (χ3v) is 3.70. The van der Waals surface area contributed by atoms with Gasteiger partial charge in [0.15, 0.2) is 0 Å². The summed E-state index contributed by atoms with van der Waals surface area (Å²) >= 11 is 0. The number of piperazine rings is 1. The molecule has 1 heterocycles. The molecule has 4 nitrogen and oxygen atoms in total. The summed E-state index contributed by atoms with van der Waals surface area (Å²) in [6.07, 6.45) is 1.62. The second-order valence-corrected chi connectivity index (χ2v) is 5.16. The summed E-state index contributed by atoms with van der Waals surface area (Å²) in [7, 11) is 0. The number of anilines is 1. The van der Waals surface area contributed by atoms with Crippen LogP contribution in [0, 0.1) is 5.82 Å². The van der Waals surface area contributed by atoms with Gasteiger partial charge in [-0.15, -0.1) is 0 Å². The Balaban J connectivity index is 1.93. The standard InChI is InChI=1S/C15H22FN3O/c1-2-5-13(17)15(20)19-10-8-18(9-11-19)14-7-4-3-6-12(14)16/h3-4,6-7,13H,2,5,8-11,17H2,1H3/t13-/m1/s1. The Hall–Kier alpha value is -1.62. The number of nitrogens with two attached hydrogens (primary N) is 1. The molecule has 0 spiro atoms. The summed E-state index contributed by atoms with van der Waals surface area (Å²) in [6, 6.07) is 6.34. The molecule has 110 valence electrons. The zero-order valence-electron chi connectivity index (χ0n) is 11.9. The van der Waals surface area contributed by atoms with Gasteiger partial charge in [0.1, 0.15) is 5.82 Å². The molecule has 1 saturated heterocycles. The van der Waals surface area contributed by atoms with Crippen LogP contribution in [0.4, 0.5) is 10.1 Å². The Morgan fingerprint density at radius 3 is 2.55 bits per heavy atom. The number of hydrogen-bond acceptors (Lipinski definition) is 3. The van der Waals surface area contributed by atoms with E-state index < -0.39 is 6.04 Å². The summed E-state index contributed by atoms with van der Waals surface area (Å²) in [6.45, 7) is 4.51. The van der Waals surface area contributed by atoms with E-state index in [2.05, 4.69) is 0 Å². The molecular weight excluding hydrogens is 257 g/mol. The number of carbonyl (C=O) groups is 1. The maximum atomic E-state index is 13.7. The molecule has 1 aromatic carbocycles. The van der Waals surface area contributed by atoms with Crippen molar-refractivity contribution in [3.8, 4) is 0 Å². The van der Waals surface area contributed by atoms with Gasteiger partial charge >= 0.3 is 0 Å². The van der Waals surface area contributed by atoms with Gasteiger partial charge in [-0.3, -0.25) is 4.79 Å². The number of halogens is 1. The average molecular weight is 279 g/mol. The second kappa shape index (κ2) is 6.70. The average Bonchev–Trinajstić information content (AvgIpc) is 2.47. The fourth-order valence-electron chi connectivity index (χ4n) is 2.54. The lowest BCUT2D eigenvalue weighted by molar-refractivity contribution is -0.133. The van der Waals surface area contributed by atoms with E-state index in [4.69, 9.17) is 5.73 Å². The van der Waals surface area contributed by atoms with Crippen LogP contribution in [-0.4, -0.2) is 43.0 Å². The molecule has 0 bridgehead atoms. The molecule has 1 aromatic rings. The number of hydrogen-bond donors (Lipinski definition) is 1. The SMILES string of the molecule is CCC[C@@H](N)C(=O)N1CCN(c2ccccc2F)CC1. The zero-order chi connectivity index (χ0) is 14.5. The highest BCUT2D eigenvalue weighted by molar-refractivity contribution is 5.81. The van der Waals surface area contributed by atoms with Gasteiger partial charge in [-0.1, -0.05) is 25.5 Å². The van der Waals surface area contributed by atoms with Crippen molar-refractivity contribution in [3.63, 3.8) is 0 Å². The van der Waals surface area contributed by atoms with E-state index in [1.807, 2.05) is 17.9 Å². The van der Waals surface area contributed by atoms with Crippen LogP contribution in [0.25, 0.3) is 0 Å². The van der Waals surface area contributed by atoms with Gasteiger partial charge in [-0.25, -0.2) is 4.39 Å². The predicted octanol–water partition coefficient (Wildman–Crippen LogP) is 1.60. The monoisotopic (exact) mass is 279 g/mol. The van der Waals surface area contributed by atoms with E-state index in [0.717, 1.165) is 6.42 Å². The topological polar surface area (TPSA) is 49.6 Å². The summed E-state index contributed by atoms with van der Waals surface area (Å²) in [5.74, 6) is -0.199. The Morgan fingerprint density at radius 2 is 1.95 bits per heavy atom. The van der Waals surface area contributed by atoms with Crippen LogP contribution >= 0.6 is 0 Å². The summed E-state index contributed by atoms with van der Waals surface area (Å²) in [5.41, 5.74) is 6.47. The van der Waals surface area contributed by atoms with Crippen LogP contribution in [0.2, 0.25) is 0 Å². The molecule has 0 aliphatic carbocycles. The Labute approximate surface area is 119 Å². The molecule has 1 atom stereocenters. The number of nitrogens with zero attached hydrogens (tertiary/aromatic N) is 2. The van der Waals surface area contributed by atoms with Gasteiger partial charge in [-0.05, 0) is 18.6 Å². The molecule has 2 rings (SSSR count). The second-order valence-electron chi connectivity index (χ2n) is 5.16. The Morgan fingerprint density at radius 1 is 1.30 bits per heavy atom. The molecule has 1 amide bonds. The van der Waals surface area contributed by atoms with Crippen LogP contribution in [0.1, 0.15) is 19.8 Å². The molecule has 0 saturated carbocycles. The lowest BCUT2D eigenvalue weighted by Gasteiger charge is -2.37. The fourth-order valence-corrected chi connectivity index (χ4v) is 2.54. The van der Waals surface area contributed by atoms with Gasteiger partial charge in [0.2, 0.25) is 5.91 Å². The predicted molar refractivity (Wildman–Crippen MR) is 78.1 cm³/mol. The van der Waals surface area contributed by atoms with Gasteiger partial charge in [0.05, 0.1) is 11.7 Å². The van der Waals surface area contributed by atoms with Gasteiger partial charge in [-0.2, -0.15) is 0 Å². The lowest BCUT2D eigenvalue weighted by atomic mass is 10.1. The highest BCUT2D eigenvalue weighted by Gasteiger charge is 2.25. The molecule has 0 aromatic heterocycles. The quantitative estimate of drug-likeness (QED) is 0.911. The fraction of sp³-hybridized carbons (Fsp3) is 0.533. The van der Waals surface area contributed by atoms with Crippen molar-refractivity contribution in [1.82, 2.24) is 4.90 Å². The van der Waals surface area contributed by atoms with E-state index >= 15 is 0 Å². The summed E-state index contributed by atoms with van der Waals surface area (Å²) in [5, 5.41) is 0. The number of rotatable bonds is 4. The molecule has 1 aliphatic rings. The van der Waals surface area contributed by atoms with Crippen LogP contribution in [0.15, 0.2) is 24.3 Å². The first-order valence-electron chi connectivity index (χ1n) is 7.17. The maximum absolute atomic E-state index is 13.7. The van der Waals surface area contributed by atoms with Gasteiger partial charge < -0.3 is 15.5 Å². The molecule has 1 aliphatic heterocycles. The number of para-hydroxylation sites is 1. The van der Waals surface area contributed by atoms with Crippen molar-refractivity contribution in [2.75, 3.05) is 31.1 Å². The lowest BCUT2D eigenvalue weighted by Crippen LogP contribution is -2.53. The summed E-state index contributed by atoms with van der Waals surface area (Å²) < 4.78 is 13.7. The molecule has 2 N–H and O–H groups in total. The molecule has 0 unspecified atom stereocenters. The Bertz CT molecular complexity index is 458. The number of benzene rings is 1. The Kier molecular flexibility index (Phi) is 4.95. The van der Waals surface area contributed by atoms with E-state index in [1.54, 1.807) is 17.0 Å². The smallest absolute Gasteiger partial charge is 0.239 e. The van der Waals surface area contributed by atoms with Gasteiger partial charge in [0.25, 0.3) is 0 Å². The van der Waals surface area contributed by atoms with Crippen molar-refractivity contribution in [1.29, 1.82) is 0 Å². The largest absolute Gasteiger partial charge is 0.366 e. The van der Waals surface area contributed by atoms with Crippen molar-refractivity contribution in [2.45, 2.75) is 25.8 Å². The third kappa shape index (κ3) is 3.28. The van der Waals surface area contributed by atoms with Crippen LogP contribution < -0.4 is 10.6 Å². The van der Waals surface area contributed by atoms with Crippen LogP contribution in [0.3, 0.4) is 0 Å². The molecular formula is C15H22FN3O. The van der Waals surface area contributed by atoms with Crippen molar-refractivity contribution >= 4 is 11.6 Å². The highest BCUT2D eigenvalue weighted by Crippen LogP contribution is 2.20. The minimum absolute atomic E-state index is 0.0139. The van der Waals surface area contributed by atoms with Crippen molar-refractivity contribution in [3.05, 3.63) is 30.1 Å². The molecule has 5 heteroatoms. The van der Waals surface area contributed by atoms with E-state index in [-0.39, 0.29) is 11.7 Å².